The summed E-state index contributed by atoms with van der Waals surface area (Å²) in [6, 6.07) is 0. The van der Waals surface area contributed by atoms with Crippen molar-refractivity contribution in [2.75, 3.05) is 0 Å². The van der Waals surface area contributed by atoms with Gasteiger partial charge >= 0.3 is 0 Å². The van der Waals surface area contributed by atoms with Crippen LogP contribution in [0.4, 0.5) is 0 Å². The number of aliphatic hydroxyl groups excluding tert-OH is 1. The first kappa shape index (κ1) is 8.63. The molecule has 0 amide bonds. The van der Waals surface area contributed by atoms with E-state index in [1.54, 1.807) is 18.6 Å². The van der Waals surface area contributed by atoms with E-state index in [0.717, 1.165) is 18.5 Å². The maximum atomic E-state index is 9.49. The number of aliphatic hydroxyl groups is 1. The first-order valence-corrected chi connectivity index (χ1v) is 4.77. The molecular formula is C10H14N2O. The van der Waals surface area contributed by atoms with E-state index in [-0.39, 0.29) is 6.10 Å². The Hall–Kier alpha value is -0.960. The minimum absolute atomic E-state index is 0.128. The van der Waals surface area contributed by atoms with Crippen molar-refractivity contribution >= 4 is 0 Å². The van der Waals surface area contributed by atoms with Crippen LogP contribution in [-0.2, 0) is 0 Å². The number of hydrogen-bond acceptors (Lipinski definition) is 3. The summed E-state index contributed by atoms with van der Waals surface area (Å²) < 4.78 is 0. The van der Waals surface area contributed by atoms with Gasteiger partial charge in [-0.1, -0.05) is 13.3 Å². The molecule has 1 aromatic rings. The second kappa shape index (κ2) is 3.42. The molecule has 3 unspecified atom stereocenters. The van der Waals surface area contributed by atoms with E-state index in [1.807, 2.05) is 0 Å². The Bertz CT molecular complexity index is 276. The Morgan fingerprint density at radius 1 is 1.54 bits per heavy atom. The van der Waals surface area contributed by atoms with Crippen molar-refractivity contribution in [2.24, 2.45) is 5.92 Å². The first-order valence-electron chi connectivity index (χ1n) is 4.77. The largest absolute Gasteiger partial charge is 0.393 e. The topological polar surface area (TPSA) is 46.0 Å². The molecule has 0 saturated heterocycles. The molecular weight excluding hydrogens is 164 g/mol. The fourth-order valence-corrected chi connectivity index (χ4v) is 2.08. The second-order valence-corrected chi connectivity index (χ2v) is 3.61. The number of aromatic nitrogens is 2. The highest BCUT2D eigenvalue weighted by atomic mass is 16.3. The molecule has 0 bridgehead atoms. The van der Waals surface area contributed by atoms with E-state index < -0.39 is 0 Å². The molecule has 3 heteroatoms. The first-order chi connectivity index (χ1) is 6.33. The van der Waals surface area contributed by atoms with Gasteiger partial charge in [0.2, 0.25) is 0 Å². The van der Waals surface area contributed by atoms with Crippen LogP contribution in [0.15, 0.2) is 18.6 Å². The third kappa shape index (κ3) is 1.44. The summed E-state index contributed by atoms with van der Waals surface area (Å²) in [4.78, 5) is 8.30. The normalized spacial score (nSPS) is 32.6. The van der Waals surface area contributed by atoms with Crippen molar-refractivity contribution in [2.45, 2.75) is 31.8 Å². The van der Waals surface area contributed by atoms with E-state index >= 15 is 0 Å². The molecule has 13 heavy (non-hydrogen) atoms. The molecule has 1 aromatic heterocycles. The molecule has 2 rings (SSSR count). The Morgan fingerprint density at radius 3 is 2.92 bits per heavy atom. The number of hydrogen-bond donors (Lipinski definition) is 1. The highest BCUT2D eigenvalue weighted by molar-refractivity contribution is 5.12. The Balaban J connectivity index is 2.12. The summed E-state index contributed by atoms with van der Waals surface area (Å²) in [5.74, 6) is 0.811. The molecule has 0 spiro atoms. The van der Waals surface area contributed by atoms with Gasteiger partial charge < -0.3 is 5.11 Å². The fourth-order valence-electron chi connectivity index (χ4n) is 2.08. The zero-order valence-corrected chi connectivity index (χ0v) is 7.72. The summed E-state index contributed by atoms with van der Waals surface area (Å²) in [6.45, 7) is 2.11. The molecule has 0 aliphatic heterocycles. The van der Waals surface area contributed by atoms with Crippen LogP contribution >= 0.6 is 0 Å². The standard InChI is InChI=1S/C10H14N2O/c1-2-7-8(5-10(7)13)9-6-11-3-4-12-9/h3-4,6-8,10,13H,2,5H2,1H3. The minimum atomic E-state index is -0.128. The summed E-state index contributed by atoms with van der Waals surface area (Å²) in [7, 11) is 0. The van der Waals surface area contributed by atoms with Crippen LogP contribution in [0.5, 0.6) is 0 Å². The molecule has 70 valence electrons. The SMILES string of the molecule is CCC1C(O)CC1c1cnccn1. The van der Waals surface area contributed by atoms with Gasteiger partial charge in [-0.05, 0) is 12.3 Å². The van der Waals surface area contributed by atoms with Crippen molar-refractivity contribution in [3.8, 4) is 0 Å². The van der Waals surface area contributed by atoms with E-state index in [4.69, 9.17) is 0 Å². The van der Waals surface area contributed by atoms with Crippen molar-refractivity contribution < 1.29 is 5.11 Å². The molecule has 3 atom stereocenters. The molecule has 0 aromatic carbocycles. The zero-order valence-electron chi connectivity index (χ0n) is 7.72. The molecule has 0 radical (unpaired) electrons. The zero-order chi connectivity index (χ0) is 9.26. The van der Waals surface area contributed by atoms with Gasteiger partial charge in [0.05, 0.1) is 11.8 Å². The van der Waals surface area contributed by atoms with E-state index in [1.165, 1.54) is 0 Å². The maximum Gasteiger partial charge on any atom is 0.0622 e. The van der Waals surface area contributed by atoms with Crippen LogP contribution in [0, 0.1) is 5.92 Å². The molecule has 3 nitrogen and oxygen atoms in total. The van der Waals surface area contributed by atoms with Crippen LogP contribution < -0.4 is 0 Å². The van der Waals surface area contributed by atoms with Crippen LogP contribution in [0.25, 0.3) is 0 Å². The Morgan fingerprint density at radius 2 is 2.38 bits per heavy atom. The third-order valence-electron chi connectivity index (χ3n) is 2.94. The predicted molar refractivity (Wildman–Crippen MR) is 49.2 cm³/mol. The van der Waals surface area contributed by atoms with Crippen LogP contribution in [0.3, 0.4) is 0 Å². The van der Waals surface area contributed by atoms with Gasteiger partial charge in [-0.2, -0.15) is 0 Å². The van der Waals surface area contributed by atoms with Gasteiger partial charge in [0.15, 0.2) is 0 Å². The van der Waals surface area contributed by atoms with E-state index in [2.05, 4.69) is 16.9 Å². The van der Waals surface area contributed by atoms with Gasteiger partial charge in [0.1, 0.15) is 0 Å². The van der Waals surface area contributed by atoms with Crippen molar-refractivity contribution in [1.29, 1.82) is 0 Å². The third-order valence-corrected chi connectivity index (χ3v) is 2.94. The van der Waals surface area contributed by atoms with Crippen molar-refractivity contribution in [1.82, 2.24) is 9.97 Å². The quantitative estimate of drug-likeness (QED) is 0.743. The maximum absolute atomic E-state index is 9.49. The molecule has 1 N–H and O–H groups in total. The Labute approximate surface area is 77.8 Å². The molecule has 1 heterocycles. The molecule has 1 saturated carbocycles. The monoisotopic (exact) mass is 178 g/mol. The summed E-state index contributed by atoms with van der Waals surface area (Å²) in [5.41, 5.74) is 1.03. The average molecular weight is 178 g/mol. The molecule has 1 fully saturated rings. The lowest BCUT2D eigenvalue weighted by molar-refractivity contribution is -0.00227. The Kier molecular flexibility index (Phi) is 2.27. The van der Waals surface area contributed by atoms with E-state index in [0.29, 0.717) is 11.8 Å². The number of nitrogens with zero attached hydrogens (tertiary/aromatic N) is 2. The lowest BCUT2D eigenvalue weighted by Gasteiger charge is -2.40. The predicted octanol–water partition coefficient (Wildman–Crippen LogP) is 1.35. The minimum Gasteiger partial charge on any atom is -0.393 e. The lowest BCUT2D eigenvalue weighted by atomic mass is 9.68. The number of rotatable bonds is 2. The summed E-state index contributed by atoms with van der Waals surface area (Å²) >= 11 is 0. The second-order valence-electron chi connectivity index (χ2n) is 3.61. The fraction of sp³-hybridized carbons (Fsp3) is 0.600. The van der Waals surface area contributed by atoms with Crippen molar-refractivity contribution in [3.63, 3.8) is 0 Å². The smallest absolute Gasteiger partial charge is 0.0622 e. The van der Waals surface area contributed by atoms with Gasteiger partial charge in [-0.15, -0.1) is 0 Å². The van der Waals surface area contributed by atoms with E-state index in [9.17, 15) is 5.11 Å². The summed E-state index contributed by atoms with van der Waals surface area (Å²) in [5, 5.41) is 9.49. The molecule has 1 aliphatic rings. The van der Waals surface area contributed by atoms with Crippen LogP contribution in [0.1, 0.15) is 31.4 Å². The average Bonchev–Trinajstić information content (AvgIpc) is 2.16. The summed E-state index contributed by atoms with van der Waals surface area (Å²) in [6.07, 6.45) is 6.93. The van der Waals surface area contributed by atoms with Crippen molar-refractivity contribution in [3.05, 3.63) is 24.3 Å². The van der Waals surface area contributed by atoms with Gasteiger partial charge in [-0.25, -0.2) is 0 Å². The van der Waals surface area contributed by atoms with Gasteiger partial charge in [0, 0.05) is 24.5 Å². The van der Waals surface area contributed by atoms with Gasteiger partial charge in [0.25, 0.3) is 0 Å². The van der Waals surface area contributed by atoms with Crippen LogP contribution in [-0.4, -0.2) is 21.2 Å². The highest BCUT2D eigenvalue weighted by Gasteiger charge is 2.40. The lowest BCUT2D eigenvalue weighted by Crippen LogP contribution is -2.39. The van der Waals surface area contributed by atoms with Gasteiger partial charge in [-0.3, -0.25) is 9.97 Å². The molecule has 1 aliphatic carbocycles. The highest BCUT2D eigenvalue weighted by Crippen LogP contribution is 2.43. The van der Waals surface area contributed by atoms with Crippen LogP contribution in [0.2, 0.25) is 0 Å².